The Bertz CT molecular complexity index is 2150. The van der Waals surface area contributed by atoms with Gasteiger partial charge in [-0.3, -0.25) is 48.1 Å². The van der Waals surface area contributed by atoms with Crippen molar-refractivity contribution < 1.29 is 68.4 Å². The lowest BCUT2D eigenvalue weighted by molar-refractivity contribution is -0.143. The molecule has 2 aromatic rings. The summed E-state index contributed by atoms with van der Waals surface area (Å²) in [6, 6.07) is 3.84. The molecule has 0 bridgehead atoms. The maximum Gasteiger partial charge on any atom is 0.326 e. The van der Waals surface area contributed by atoms with Crippen LogP contribution in [0.5, 0.6) is 5.75 Å². The Kier molecular flexibility index (Phi) is 24.8. The standard InChI is InChI=1S/C45H65N11O14/c1-4-24(2)37(56-40(65)29(16-18-35(59)60)51-34(58)23-50-38(63)25(3)46)43(68)55-33(22-27-12-14-28(57)15-13-27)42(67)54-32(21-26-9-6-5-7-10-26)41(66)52-30(17-19-36(61)62)39(64)53-31(44(69)70)11-8-20-49-45(47)48/h5-7,9-10,12-15,24-25,29-33,37,57H,4,8,11,16-23,46H2,1-3H3,(H,50,63)(H,51,58)(H,52,66)(H,53,64)(H,54,67)(H,55,68)(H,56,65)(H,59,60)(H,61,62)(H,69,70)(H4,47,48,49)/t24-,25-,29-,30-,31-,32-,33-,37-/m0/s1. The first-order valence-electron chi connectivity index (χ1n) is 22.4. The number of carboxylic acids is 3. The molecule has 17 N–H and O–H groups in total. The number of hydrogen-bond donors (Lipinski definition) is 14. The van der Waals surface area contributed by atoms with Gasteiger partial charge in [0.05, 0.1) is 12.6 Å². The van der Waals surface area contributed by atoms with Crippen molar-refractivity contribution in [3.05, 3.63) is 65.7 Å². The van der Waals surface area contributed by atoms with Gasteiger partial charge in [-0.25, -0.2) is 4.79 Å². The quantitative estimate of drug-likeness (QED) is 0.0210. The summed E-state index contributed by atoms with van der Waals surface area (Å²) in [5, 5.41) is 55.8. The predicted molar refractivity (Wildman–Crippen MR) is 251 cm³/mol. The van der Waals surface area contributed by atoms with Crippen molar-refractivity contribution in [1.82, 2.24) is 37.2 Å². The third-order valence-electron chi connectivity index (χ3n) is 10.7. The van der Waals surface area contributed by atoms with Gasteiger partial charge in [-0.15, -0.1) is 0 Å². The topological polar surface area (TPSA) is 426 Å². The lowest BCUT2D eigenvalue weighted by Gasteiger charge is -2.29. The fourth-order valence-corrected chi connectivity index (χ4v) is 6.58. The van der Waals surface area contributed by atoms with E-state index in [0.29, 0.717) is 11.1 Å². The van der Waals surface area contributed by atoms with Crippen molar-refractivity contribution in [3.8, 4) is 5.75 Å². The molecule has 0 saturated heterocycles. The van der Waals surface area contributed by atoms with Crippen LogP contribution in [-0.2, 0) is 60.8 Å². The minimum absolute atomic E-state index is 0.0383. The molecule has 2 aromatic carbocycles. The van der Waals surface area contributed by atoms with E-state index in [1.165, 1.54) is 31.2 Å². The van der Waals surface area contributed by atoms with Crippen molar-refractivity contribution in [1.29, 1.82) is 0 Å². The van der Waals surface area contributed by atoms with Gasteiger partial charge in [0.2, 0.25) is 41.4 Å². The number of carbonyl (C=O) groups is 10. The molecule has 0 aliphatic carbocycles. The molecular weight excluding hydrogens is 919 g/mol. The van der Waals surface area contributed by atoms with Crippen LogP contribution >= 0.6 is 0 Å². The van der Waals surface area contributed by atoms with E-state index in [4.69, 9.17) is 17.2 Å². The van der Waals surface area contributed by atoms with Gasteiger partial charge in [-0.2, -0.15) is 0 Å². The minimum Gasteiger partial charge on any atom is -0.508 e. The minimum atomic E-state index is -1.62. The molecule has 384 valence electrons. The number of phenols is 1. The first-order chi connectivity index (χ1) is 33.0. The van der Waals surface area contributed by atoms with Crippen molar-refractivity contribution in [3.63, 3.8) is 0 Å². The van der Waals surface area contributed by atoms with Crippen LogP contribution in [0, 0.1) is 5.92 Å². The number of aromatic hydroxyl groups is 1. The molecule has 0 heterocycles. The SMILES string of the molecule is CC[C@H](C)[C@H](NC(=O)[C@H](CCC(=O)O)NC(=O)CNC(=O)[C@H](C)N)C(=O)N[C@@H](Cc1ccc(O)cc1)C(=O)N[C@@H](Cc1ccccc1)C(=O)N[C@@H](CCC(=O)O)C(=O)N[C@@H](CCCN=C(N)N)C(=O)O. The number of nitrogens with two attached hydrogens (primary N) is 3. The Hall–Kier alpha value is -7.83. The lowest BCUT2D eigenvalue weighted by atomic mass is 9.96. The van der Waals surface area contributed by atoms with Crippen molar-refractivity contribution in [2.75, 3.05) is 13.1 Å². The molecule has 70 heavy (non-hydrogen) atoms. The van der Waals surface area contributed by atoms with Crippen molar-refractivity contribution >= 4 is 65.2 Å². The van der Waals surface area contributed by atoms with E-state index >= 15 is 0 Å². The highest BCUT2D eigenvalue weighted by atomic mass is 16.4. The summed E-state index contributed by atoms with van der Waals surface area (Å²) in [4.78, 5) is 134. The highest BCUT2D eigenvalue weighted by Crippen LogP contribution is 2.15. The Balaban J connectivity index is 2.52. The van der Waals surface area contributed by atoms with E-state index in [1.54, 1.807) is 44.2 Å². The van der Waals surface area contributed by atoms with Crippen molar-refractivity contribution in [2.24, 2.45) is 28.1 Å². The van der Waals surface area contributed by atoms with E-state index in [9.17, 15) is 68.4 Å². The van der Waals surface area contributed by atoms with E-state index < -0.39 is 140 Å². The van der Waals surface area contributed by atoms with Crippen LogP contribution in [0.3, 0.4) is 0 Å². The molecule has 0 aromatic heterocycles. The van der Waals surface area contributed by atoms with Crippen LogP contribution in [0.25, 0.3) is 0 Å². The molecular formula is C45H65N11O14. The van der Waals surface area contributed by atoms with E-state index in [-0.39, 0.29) is 50.4 Å². The Morgan fingerprint density at radius 3 is 1.56 bits per heavy atom. The molecule has 0 aliphatic heterocycles. The molecule has 0 aliphatic rings. The van der Waals surface area contributed by atoms with Crippen molar-refractivity contribution in [2.45, 2.75) is 121 Å². The van der Waals surface area contributed by atoms with E-state index in [0.717, 1.165) is 0 Å². The van der Waals surface area contributed by atoms with Crippen LogP contribution < -0.4 is 54.4 Å². The van der Waals surface area contributed by atoms with Gasteiger partial charge >= 0.3 is 17.9 Å². The smallest absolute Gasteiger partial charge is 0.326 e. The van der Waals surface area contributed by atoms with Gasteiger partial charge in [0.25, 0.3) is 0 Å². The van der Waals surface area contributed by atoms with Crippen LogP contribution in [0.4, 0.5) is 0 Å². The number of amides is 7. The molecule has 0 fully saturated rings. The Labute approximate surface area is 403 Å². The number of aliphatic imine (C=N–C) groups is 1. The molecule has 0 spiro atoms. The zero-order valence-electron chi connectivity index (χ0n) is 39.1. The molecule has 0 unspecified atom stereocenters. The number of aliphatic carboxylic acids is 3. The molecule has 25 heteroatoms. The summed E-state index contributed by atoms with van der Waals surface area (Å²) < 4.78 is 0. The number of rotatable bonds is 31. The number of nitrogens with one attached hydrogen (secondary N) is 7. The van der Waals surface area contributed by atoms with E-state index in [2.05, 4.69) is 42.2 Å². The Morgan fingerprint density at radius 1 is 0.586 bits per heavy atom. The van der Waals surface area contributed by atoms with E-state index in [1.807, 2.05) is 0 Å². The molecule has 2 rings (SSSR count). The maximum absolute atomic E-state index is 14.5. The number of carbonyl (C=O) groups excluding carboxylic acids is 7. The highest BCUT2D eigenvalue weighted by molar-refractivity contribution is 5.97. The van der Waals surface area contributed by atoms with Gasteiger partial charge in [0, 0.05) is 32.2 Å². The predicted octanol–water partition coefficient (Wildman–Crippen LogP) is -2.54. The number of nitrogens with zero attached hydrogens (tertiary/aromatic N) is 1. The normalized spacial score (nSPS) is 14.2. The molecule has 8 atom stereocenters. The summed E-state index contributed by atoms with van der Waals surface area (Å²) in [6.45, 7) is 4.13. The molecule has 25 nitrogen and oxygen atoms in total. The van der Waals surface area contributed by atoms with Gasteiger partial charge in [0.15, 0.2) is 5.96 Å². The lowest BCUT2D eigenvalue weighted by Crippen LogP contribution is -2.61. The maximum atomic E-state index is 14.5. The van der Waals surface area contributed by atoms with Crippen LogP contribution in [0.2, 0.25) is 0 Å². The average molecular weight is 984 g/mol. The number of benzene rings is 2. The zero-order valence-corrected chi connectivity index (χ0v) is 39.1. The second-order valence-corrected chi connectivity index (χ2v) is 16.5. The second-order valence-electron chi connectivity index (χ2n) is 16.5. The summed E-state index contributed by atoms with van der Waals surface area (Å²) in [7, 11) is 0. The number of phenolic OH excluding ortho intramolecular Hbond substituents is 1. The first kappa shape index (κ1) is 58.3. The van der Waals surface area contributed by atoms with Gasteiger partial charge in [-0.05, 0) is 61.8 Å². The largest absolute Gasteiger partial charge is 0.508 e. The van der Waals surface area contributed by atoms with Gasteiger partial charge < -0.3 is 74.8 Å². The monoisotopic (exact) mass is 983 g/mol. The summed E-state index contributed by atoms with van der Waals surface area (Å²) in [6.07, 6.45) is -2.32. The Morgan fingerprint density at radius 2 is 1.06 bits per heavy atom. The fourth-order valence-electron chi connectivity index (χ4n) is 6.58. The second kappa shape index (κ2) is 29.8. The number of guanidine groups is 1. The summed E-state index contributed by atoms with van der Waals surface area (Å²) >= 11 is 0. The van der Waals surface area contributed by atoms with Crippen LogP contribution in [0.15, 0.2) is 59.6 Å². The highest BCUT2D eigenvalue weighted by Gasteiger charge is 2.35. The number of hydrogen-bond acceptors (Lipinski definition) is 13. The average Bonchev–Trinajstić information content (AvgIpc) is 3.30. The summed E-state index contributed by atoms with van der Waals surface area (Å²) in [5.41, 5.74) is 17.1. The third-order valence-corrected chi connectivity index (χ3v) is 10.7. The zero-order chi connectivity index (χ0) is 52.5. The van der Waals surface area contributed by atoms with Gasteiger partial charge in [-0.1, -0.05) is 62.7 Å². The molecule has 0 saturated carbocycles. The summed E-state index contributed by atoms with van der Waals surface area (Å²) in [5.74, 6) is -11.4. The number of carboxylic acid groups (broad SMARTS) is 3. The third kappa shape index (κ3) is 21.9. The van der Waals surface area contributed by atoms with Gasteiger partial charge in [0.1, 0.15) is 42.0 Å². The molecule has 0 radical (unpaired) electrons. The fraction of sp³-hybridized carbons (Fsp3) is 0.489. The van der Waals surface area contributed by atoms with Crippen LogP contribution in [-0.4, -0.2) is 141 Å². The van der Waals surface area contributed by atoms with Crippen LogP contribution in [0.1, 0.15) is 76.8 Å². The molecule has 7 amide bonds. The first-order valence-corrected chi connectivity index (χ1v) is 22.4.